The zero-order valence-corrected chi connectivity index (χ0v) is 31.3. The molecule has 5 nitrogen and oxygen atoms in total. The Labute approximate surface area is 309 Å². The molecule has 4 heterocycles. The van der Waals surface area contributed by atoms with Crippen LogP contribution in [-0.4, -0.2) is 16.2 Å². The van der Waals surface area contributed by atoms with Gasteiger partial charge < -0.3 is 14.5 Å². The van der Waals surface area contributed by atoms with Gasteiger partial charge in [-0.3, -0.25) is 4.57 Å². The van der Waals surface area contributed by atoms with Crippen molar-refractivity contribution in [2.24, 2.45) is 0 Å². The molecule has 5 aromatic carbocycles. The van der Waals surface area contributed by atoms with Gasteiger partial charge in [-0.15, -0.1) is 11.3 Å². The Balaban J connectivity index is 1.17. The topological polar surface area (TPSA) is 33.5 Å². The molecule has 0 fully saturated rings. The van der Waals surface area contributed by atoms with Gasteiger partial charge in [-0.25, -0.2) is 4.98 Å². The van der Waals surface area contributed by atoms with Crippen LogP contribution in [0.3, 0.4) is 0 Å². The number of hydrogen-bond acceptors (Lipinski definition) is 5. The van der Waals surface area contributed by atoms with E-state index in [1.54, 1.807) is 0 Å². The minimum atomic E-state index is -0.0830. The fraction of sp³-hybridized carbons (Fsp3) is 0.196. The van der Waals surface area contributed by atoms with Crippen LogP contribution in [-0.2, 0) is 10.8 Å². The molecule has 0 saturated carbocycles. The summed E-state index contributed by atoms with van der Waals surface area (Å²) in [5.74, 6) is 2.52. The lowest BCUT2D eigenvalue weighted by Gasteiger charge is -2.26. The summed E-state index contributed by atoms with van der Waals surface area (Å²) >= 11 is 1.84. The van der Waals surface area contributed by atoms with E-state index in [1.165, 1.54) is 53.9 Å². The fourth-order valence-electron chi connectivity index (χ4n) is 7.39. The van der Waals surface area contributed by atoms with Crippen LogP contribution in [0.5, 0.6) is 11.5 Å². The van der Waals surface area contributed by atoms with Crippen LogP contribution in [0.15, 0.2) is 134 Å². The van der Waals surface area contributed by atoms with Crippen molar-refractivity contribution >= 4 is 65.3 Å². The first-order valence-electron chi connectivity index (χ1n) is 18.0. The molecule has 0 atom stereocenters. The van der Waals surface area contributed by atoms with Gasteiger partial charge in [0.1, 0.15) is 24.0 Å². The molecule has 1 aliphatic heterocycles. The van der Waals surface area contributed by atoms with Crippen LogP contribution in [0.25, 0.3) is 37.0 Å². The molecule has 52 heavy (non-hydrogen) atoms. The van der Waals surface area contributed by atoms with Crippen molar-refractivity contribution in [1.29, 1.82) is 0 Å². The first kappa shape index (κ1) is 32.3. The predicted octanol–water partition coefficient (Wildman–Crippen LogP) is 13.0. The third-order valence-corrected chi connectivity index (χ3v) is 11.4. The van der Waals surface area contributed by atoms with Gasteiger partial charge in [0.2, 0.25) is 0 Å². The van der Waals surface area contributed by atoms with Crippen LogP contribution < -0.4 is 14.5 Å². The summed E-state index contributed by atoms with van der Waals surface area (Å²) in [5, 5.41) is 2.44. The van der Waals surface area contributed by atoms with Crippen LogP contribution in [0.2, 0.25) is 0 Å². The molecule has 258 valence electrons. The zero-order valence-electron chi connectivity index (χ0n) is 30.5. The van der Waals surface area contributed by atoms with Gasteiger partial charge in [-0.05, 0) is 88.7 Å². The van der Waals surface area contributed by atoms with Crippen molar-refractivity contribution in [3.63, 3.8) is 0 Å². The normalized spacial score (nSPS) is 13.4. The van der Waals surface area contributed by atoms with E-state index in [-0.39, 0.29) is 10.8 Å². The fourth-order valence-corrected chi connectivity index (χ4v) is 8.61. The van der Waals surface area contributed by atoms with E-state index in [9.17, 15) is 0 Å². The van der Waals surface area contributed by atoms with Crippen LogP contribution in [0, 0.1) is 0 Å². The Kier molecular flexibility index (Phi) is 7.46. The molecule has 0 amide bonds. The number of ether oxygens (including phenoxy) is 1. The number of thiophene rings is 1. The molecule has 0 aliphatic carbocycles. The average Bonchev–Trinajstić information content (AvgIpc) is 3.80. The van der Waals surface area contributed by atoms with Gasteiger partial charge in [0.25, 0.3) is 0 Å². The van der Waals surface area contributed by atoms with Crippen molar-refractivity contribution in [3.8, 4) is 17.3 Å². The summed E-state index contributed by atoms with van der Waals surface area (Å²) in [5.41, 5.74) is 9.31. The second-order valence-corrected chi connectivity index (χ2v) is 16.9. The van der Waals surface area contributed by atoms with Gasteiger partial charge in [0.05, 0.1) is 27.1 Å². The smallest absolute Gasteiger partial charge is 0.137 e. The van der Waals surface area contributed by atoms with Gasteiger partial charge in [-0.2, -0.15) is 0 Å². The van der Waals surface area contributed by atoms with Crippen LogP contribution in [0.4, 0.5) is 22.7 Å². The largest absolute Gasteiger partial charge is 0.457 e. The van der Waals surface area contributed by atoms with Gasteiger partial charge in [0.15, 0.2) is 0 Å². The third kappa shape index (κ3) is 5.49. The van der Waals surface area contributed by atoms with Crippen molar-refractivity contribution in [2.75, 3.05) is 16.5 Å². The van der Waals surface area contributed by atoms with E-state index in [0.717, 1.165) is 28.5 Å². The Morgan fingerprint density at radius 3 is 2.04 bits per heavy atom. The lowest BCUT2D eigenvalue weighted by Crippen LogP contribution is -2.24. The van der Waals surface area contributed by atoms with E-state index in [0.29, 0.717) is 6.67 Å². The van der Waals surface area contributed by atoms with E-state index in [2.05, 4.69) is 183 Å². The molecule has 0 spiro atoms. The van der Waals surface area contributed by atoms with E-state index in [4.69, 9.17) is 9.72 Å². The first-order valence-corrected chi connectivity index (χ1v) is 18.8. The Morgan fingerprint density at radius 1 is 0.596 bits per heavy atom. The standard InChI is InChI=1S/C46H42N4OS/c1-45(2,3)30-22-23-47-42(26-30)50-40-28-34(20-21-36(40)44-43(50)37-16-10-13-19-41(37)52-44)51-35-25-31(46(4,5)6)24-33(27-35)49-29-48(32-14-8-7-9-15-32)38-17-11-12-18-39(38)49/h7-28H,29H2,1-6H3. The number of anilines is 4. The van der Waals surface area contributed by atoms with Crippen LogP contribution in [0.1, 0.15) is 52.7 Å². The Bertz CT molecular complexity index is 2620. The second-order valence-electron chi connectivity index (χ2n) is 15.8. The van der Waals surface area contributed by atoms with Crippen molar-refractivity contribution in [1.82, 2.24) is 9.55 Å². The number of aromatic nitrogens is 2. The number of pyridine rings is 1. The third-order valence-electron chi connectivity index (χ3n) is 10.2. The number of hydrogen-bond donors (Lipinski definition) is 0. The lowest BCUT2D eigenvalue weighted by molar-refractivity contribution is 0.479. The average molecular weight is 699 g/mol. The molecule has 8 aromatic rings. The number of para-hydroxylation sites is 3. The highest BCUT2D eigenvalue weighted by molar-refractivity contribution is 7.26. The summed E-state index contributed by atoms with van der Waals surface area (Å²) in [4.78, 5) is 9.72. The zero-order chi connectivity index (χ0) is 35.8. The maximum Gasteiger partial charge on any atom is 0.137 e. The summed E-state index contributed by atoms with van der Waals surface area (Å²) in [7, 11) is 0. The van der Waals surface area contributed by atoms with E-state index in [1.807, 2.05) is 17.5 Å². The monoisotopic (exact) mass is 698 g/mol. The second kappa shape index (κ2) is 12.0. The molecule has 0 saturated heterocycles. The SMILES string of the molecule is CC(C)(C)c1cc(Oc2ccc3c4sc5ccccc5c4n(-c4cc(C(C)(C)C)ccn4)c3c2)cc(N2CN(c3ccccc3)c3ccccc32)c1. The lowest BCUT2D eigenvalue weighted by atomic mass is 9.86. The Hall–Kier alpha value is -5.59. The quantitative estimate of drug-likeness (QED) is 0.179. The van der Waals surface area contributed by atoms with E-state index < -0.39 is 0 Å². The summed E-state index contributed by atoms with van der Waals surface area (Å²) in [6, 6.07) is 45.5. The number of nitrogens with zero attached hydrogens (tertiary/aromatic N) is 4. The molecule has 9 rings (SSSR count). The molecule has 0 bridgehead atoms. The molecule has 0 unspecified atom stereocenters. The number of rotatable bonds is 5. The minimum absolute atomic E-state index is 0.00545. The first-order chi connectivity index (χ1) is 25.0. The predicted molar refractivity (Wildman–Crippen MR) is 220 cm³/mol. The molecular weight excluding hydrogens is 657 g/mol. The van der Waals surface area contributed by atoms with E-state index >= 15 is 0 Å². The molecule has 6 heteroatoms. The molecular formula is C46H42N4OS. The Morgan fingerprint density at radius 2 is 1.29 bits per heavy atom. The highest BCUT2D eigenvalue weighted by Gasteiger charge is 2.29. The highest BCUT2D eigenvalue weighted by Crippen LogP contribution is 2.47. The van der Waals surface area contributed by atoms with Crippen LogP contribution >= 0.6 is 11.3 Å². The molecule has 3 aromatic heterocycles. The minimum Gasteiger partial charge on any atom is -0.457 e. The van der Waals surface area contributed by atoms with Gasteiger partial charge in [0, 0.05) is 45.2 Å². The van der Waals surface area contributed by atoms with Gasteiger partial charge in [-0.1, -0.05) is 90.1 Å². The molecule has 0 N–H and O–H groups in total. The summed E-state index contributed by atoms with van der Waals surface area (Å²) in [6.07, 6.45) is 1.94. The van der Waals surface area contributed by atoms with Crippen molar-refractivity contribution in [2.45, 2.75) is 52.4 Å². The summed E-state index contributed by atoms with van der Waals surface area (Å²) in [6.45, 7) is 14.3. The van der Waals surface area contributed by atoms with Crippen molar-refractivity contribution < 1.29 is 4.74 Å². The number of fused-ring (bicyclic) bond motifs is 6. The van der Waals surface area contributed by atoms with Gasteiger partial charge >= 0.3 is 0 Å². The van der Waals surface area contributed by atoms with Crippen molar-refractivity contribution in [3.05, 3.63) is 145 Å². The number of benzene rings is 5. The highest BCUT2D eigenvalue weighted by atomic mass is 32.1. The maximum atomic E-state index is 6.88. The maximum absolute atomic E-state index is 6.88. The molecule has 1 aliphatic rings. The molecule has 0 radical (unpaired) electrons. The summed E-state index contributed by atoms with van der Waals surface area (Å²) < 4.78 is 11.8.